The van der Waals surface area contributed by atoms with Gasteiger partial charge in [-0.1, -0.05) is 0 Å². The molecule has 2 amide bonds. The van der Waals surface area contributed by atoms with Crippen molar-refractivity contribution >= 4 is 12.0 Å². The Labute approximate surface area is 119 Å². The molecule has 2 rings (SSSR count). The molecule has 0 spiro atoms. The summed E-state index contributed by atoms with van der Waals surface area (Å²) in [5.41, 5.74) is 0. The Morgan fingerprint density at radius 3 is 2.55 bits per heavy atom. The number of hydrogen-bond acceptors (Lipinski definition) is 3. The van der Waals surface area contributed by atoms with Gasteiger partial charge in [-0.25, -0.2) is 4.79 Å². The van der Waals surface area contributed by atoms with Gasteiger partial charge in [0.25, 0.3) is 0 Å². The van der Waals surface area contributed by atoms with Crippen molar-refractivity contribution in [1.82, 2.24) is 10.2 Å². The van der Waals surface area contributed by atoms with E-state index in [0.717, 1.165) is 38.9 Å². The van der Waals surface area contributed by atoms with Gasteiger partial charge in [-0.15, -0.1) is 0 Å². The number of carbonyl (C=O) groups excluding carboxylic acids is 1. The third-order valence-electron chi connectivity index (χ3n) is 4.22. The first-order chi connectivity index (χ1) is 9.65. The Morgan fingerprint density at radius 2 is 1.95 bits per heavy atom. The first kappa shape index (κ1) is 15.1. The van der Waals surface area contributed by atoms with Gasteiger partial charge >= 0.3 is 12.0 Å². The Morgan fingerprint density at radius 1 is 1.20 bits per heavy atom. The lowest BCUT2D eigenvalue weighted by atomic mass is 9.94. The predicted octanol–water partition coefficient (Wildman–Crippen LogP) is 1.31. The van der Waals surface area contributed by atoms with E-state index in [-0.39, 0.29) is 18.4 Å². The van der Waals surface area contributed by atoms with Crippen molar-refractivity contribution in [2.75, 3.05) is 32.8 Å². The normalized spacial score (nSPS) is 23.8. The summed E-state index contributed by atoms with van der Waals surface area (Å²) in [5, 5.41) is 11.7. The van der Waals surface area contributed by atoms with Crippen LogP contribution >= 0.6 is 0 Å². The van der Waals surface area contributed by atoms with E-state index in [0.29, 0.717) is 25.6 Å². The molecule has 6 heteroatoms. The first-order valence-corrected chi connectivity index (χ1v) is 7.47. The van der Waals surface area contributed by atoms with Gasteiger partial charge in [0.2, 0.25) is 0 Å². The molecule has 0 bridgehead atoms. The topological polar surface area (TPSA) is 78.9 Å². The molecule has 0 aromatic heterocycles. The van der Waals surface area contributed by atoms with Gasteiger partial charge < -0.3 is 20.1 Å². The predicted molar refractivity (Wildman–Crippen MR) is 73.5 cm³/mol. The number of piperidine rings is 1. The third kappa shape index (κ3) is 4.67. The minimum Gasteiger partial charge on any atom is -0.481 e. The SMILES string of the molecule is O=C(O)CC1CCN(C(=O)NCCC2CCOC2)CC1. The molecule has 2 aliphatic rings. The van der Waals surface area contributed by atoms with Gasteiger partial charge in [0.1, 0.15) is 0 Å². The minimum absolute atomic E-state index is 0.0160. The van der Waals surface area contributed by atoms with Gasteiger partial charge in [0.15, 0.2) is 0 Å². The lowest BCUT2D eigenvalue weighted by molar-refractivity contribution is -0.138. The lowest BCUT2D eigenvalue weighted by Gasteiger charge is -2.31. The molecule has 0 saturated carbocycles. The number of amides is 2. The molecular formula is C14H24N2O4. The van der Waals surface area contributed by atoms with E-state index in [1.54, 1.807) is 4.90 Å². The zero-order valence-electron chi connectivity index (χ0n) is 11.8. The maximum absolute atomic E-state index is 12.0. The molecule has 2 saturated heterocycles. The molecule has 2 aliphatic heterocycles. The lowest BCUT2D eigenvalue weighted by Crippen LogP contribution is -2.45. The zero-order valence-corrected chi connectivity index (χ0v) is 11.8. The van der Waals surface area contributed by atoms with Crippen molar-refractivity contribution in [3.8, 4) is 0 Å². The highest BCUT2D eigenvalue weighted by molar-refractivity contribution is 5.74. The number of aliphatic carboxylic acids is 1. The Kier molecular flexibility index (Phi) is 5.64. The van der Waals surface area contributed by atoms with E-state index >= 15 is 0 Å². The van der Waals surface area contributed by atoms with Crippen molar-refractivity contribution in [3.63, 3.8) is 0 Å². The maximum atomic E-state index is 12.0. The van der Waals surface area contributed by atoms with Crippen molar-refractivity contribution in [2.24, 2.45) is 11.8 Å². The first-order valence-electron chi connectivity index (χ1n) is 7.47. The molecule has 6 nitrogen and oxygen atoms in total. The van der Waals surface area contributed by atoms with Crippen LogP contribution in [0.3, 0.4) is 0 Å². The van der Waals surface area contributed by atoms with Crippen molar-refractivity contribution in [2.45, 2.75) is 32.1 Å². The molecule has 1 unspecified atom stereocenters. The van der Waals surface area contributed by atoms with Gasteiger partial charge in [0.05, 0.1) is 0 Å². The fourth-order valence-electron chi connectivity index (χ4n) is 2.89. The van der Waals surface area contributed by atoms with Gasteiger partial charge in [-0.2, -0.15) is 0 Å². The van der Waals surface area contributed by atoms with Crippen LogP contribution in [0.5, 0.6) is 0 Å². The highest BCUT2D eigenvalue weighted by Gasteiger charge is 2.24. The van der Waals surface area contributed by atoms with E-state index in [1.165, 1.54) is 0 Å². The van der Waals surface area contributed by atoms with Crippen LogP contribution in [0.4, 0.5) is 4.79 Å². The van der Waals surface area contributed by atoms with Crippen LogP contribution in [0.25, 0.3) is 0 Å². The molecule has 20 heavy (non-hydrogen) atoms. The fourth-order valence-corrected chi connectivity index (χ4v) is 2.89. The number of nitrogens with one attached hydrogen (secondary N) is 1. The summed E-state index contributed by atoms with van der Waals surface area (Å²) in [5.74, 6) is 0.0514. The van der Waals surface area contributed by atoms with Crippen molar-refractivity contribution in [3.05, 3.63) is 0 Å². The minimum atomic E-state index is -0.744. The number of nitrogens with zero attached hydrogens (tertiary/aromatic N) is 1. The molecule has 0 aliphatic carbocycles. The quantitative estimate of drug-likeness (QED) is 0.798. The van der Waals surface area contributed by atoms with E-state index in [1.807, 2.05) is 0 Å². The maximum Gasteiger partial charge on any atom is 0.317 e. The summed E-state index contributed by atoms with van der Waals surface area (Å²) < 4.78 is 5.30. The van der Waals surface area contributed by atoms with Gasteiger partial charge in [0, 0.05) is 39.3 Å². The fraction of sp³-hybridized carbons (Fsp3) is 0.857. The molecule has 114 valence electrons. The standard InChI is InChI=1S/C14H24N2O4/c17-13(18)9-11-2-6-16(7-3-11)14(19)15-5-1-12-4-8-20-10-12/h11-12H,1-10H2,(H,15,19)(H,17,18). The summed E-state index contributed by atoms with van der Waals surface area (Å²) in [7, 11) is 0. The van der Waals surface area contributed by atoms with Crippen LogP contribution in [0.2, 0.25) is 0 Å². The van der Waals surface area contributed by atoms with Gasteiger partial charge in [-0.3, -0.25) is 4.79 Å². The second kappa shape index (κ2) is 7.47. The van der Waals surface area contributed by atoms with Crippen LogP contribution in [-0.4, -0.2) is 54.9 Å². The molecule has 1 atom stereocenters. The van der Waals surface area contributed by atoms with E-state index in [2.05, 4.69) is 5.32 Å². The molecule has 2 fully saturated rings. The summed E-state index contributed by atoms with van der Waals surface area (Å²) in [6, 6.07) is -0.0160. The van der Waals surface area contributed by atoms with E-state index in [9.17, 15) is 9.59 Å². The largest absolute Gasteiger partial charge is 0.481 e. The number of urea groups is 1. The number of hydrogen-bond donors (Lipinski definition) is 2. The highest BCUT2D eigenvalue weighted by Crippen LogP contribution is 2.20. The summed E-state index contributed by atoms with van der Waals surface area (Å²) in [6.07, 6.45) is 3.86. The Balaban J connectivity index is 1.60. The second-order valence-corrected chi connectivity index (χ2v) is 5.78. The van der Waals surface area contributed by atoms with E-state index < -0.39 is 5.97 Å². The molecule has 0 aromatic carbocycles. The number of likely N-dealkylation sites (tertiary alicyclic amines) is 1. The van der Waals surface area contributed by atoms with Crippen LogP contribution < -0.4 is 5.32 Å². The van der Waals surface area contributed by atoms with Crippen LogP contribution in [0.15, 0.2) is 0 Å². The van der Waals surface area contributed by atoms with Crippen molar-refractivity contribution in [1.29, 1.82) is 0 Å². The number of ether oxygens (including phenoxy) is 1. The summed E-state index contributed by atoms with van der Waals surface area (Å²) >= 11 is 0. The average Bonchev–Trinajstić information content (AvgIpc) is 2.92. The van der Waals surface area contributed by atoms with Crippen LogP contribution in [0, 0.1) is 11.8 Å². The molecule has 2 heterocycles. The van der Waals surface area contributed by atoms with Crippen LogP contribution in [-0.2, 0) is 9.53 Å². The summed E-state index contributed by atoms with van der Waals surface area (Å²) in [4.78, 5) is 24.4. The molecular weight excluding hydrogens is 260 g/mol. The third-order valence-corrected chi connectivity index (χ3v) is 4.22. The smallest absolute Gasteiger partial charge is 0.317 e. The number of carbonyl (C=O) groups is 2. The molecule has 2 N–H and O–H groups in total. The van der Waals surface area contributed by atoms with E-state index in [4.69, 9.17) is 9.84 Å². The average molecular weight is 284 g/mol. The Bertz CT molecular complexity index is 334. The number of carboxylic acid groups (broad SMARTS) is 1. The monoisotopic (exact) mass is 284 g/mol. The molecule has 0 radical (unpaired) electrons. The number of rotatable bonds is 5. The highest BCUT2D eigenvalue weighted by atomic mass is 16.5. The summed E-state index contributed by atoms with van der Waals surface area (Å²) in [6.45, 7) is 3.68. The Hall–Kier alpha value is -1.30. The van der Waals surface area contributed by atoms with Gasteiger partial charge in [-0.05, 0) is 37.5 Å². The van der Waals surface area contributed by atoms with Crippen LogP contribution in [0.1, 0.15) is 32.1 Å². The number of carboxylic acids is 1. The molecule has 0 aromatic rings. The zero-order chi connectivity index (χ0) is 14.4. The second-order valence-electron chi connectivity index (χ2n) is 5.78. The van der Waals surface area contributed by atoms with Crippen molar-refractivity contribution < 1.29 is 19.4 Å².